The Morgan fingerprint density at radius 2 is 1.82 bits per heavy atom. The maximum atomic E-state index is 6.52. The first-order chi connectivity index (χ1) is 16.1. The minimum Gasteiger partial charge on any atom is -0.491 e. The first-order valence-electron chi connectivity index (χ1n) is 10.8. The molecule has 0 spiro atoms. The Kier molecular flexibility index (Phi) is 6.99. The molecule has 0 amide bonds. The molecule has 174 valence electrons. The molecule has 2 aliphatic rings. The van der Waals surface area contributed by atoms with Gasteiger partial charge in [0.1, 0.15) is 31.1 Å². The van der Waals surface area contributed by atoms with Crippen molar-refractivity contribution < 1.29 is 14.2 Å². The van der Waals surface area contributed by atoms with Crippen molar-refractivity contribution in [2.75, 3.05) is 42.7 Å². The third-order valence-corrected chi connectivity index (χ3v) is 7.20. The number of ether oxygens (including phenoxy) is 3. The summed E-state index contributed by atoms with van der Waals surface area (Å²) in [5.74, 6) is 2.06. The standard InChI is InChI=1S/C23H24Cl2N4O3S/c24-17-1-6-21(22(25)11-17)23(14-28-15-26-27-16-28)31-13-20(32-23)12-30-19-4-2-18(3-5-19)29-7-9-33-10-8-29/h1-6,11,15-16,20H,7-10,12-14H2/t20-,23-/m1/s1. The van der Waals surface area contributed by atoms with Crippen LogP contribution in [0.2, 0.25) is 10.0 Å². The molecule has 0 radical (unpaired) electrons. The number of thioether (sulfide) groups is 1. The maximum absolute atomic E-state index is 6.52. The summed E-state index contributed by atoms with van der Waals surface area (Å²) in [6.45, 7) is 3.24. The summed E-state index contributed by atoms with van der Waals surface area (Å²) in [7, 11) is 0. The summed E-state index contributed by atoms with van der Waals surface area (Å²) in [6.07, 6.45) is 2.96. The van der Waals surface area contributed by atoms with Crippen LogP contribution in [0, 0.1) is 0 Å². The van der Waals surface area contributed by atoms with Crippen LogP contribution in [0.15, 0.2) is 55.1 Å². The van der Waals surface area contributed by atoms with Gasteiger partial charge in [-0.05, 0) is 36.4 Å². The number of halogens is 2. The molecule has 0 saturated carbocycles. The van der Waals surface area contributed by atoms with E-state index in [1.165, 1.54) is 17.2 Å². The summed E-state index contributed by atoms with van der Waals surface area (Å²) in [5.41, 5.74) is 1.93. The molecule has 33 heavy (non-hydrogen) atoms. The zero-order valence-electron chi connectivity index (χ0n) is 17.9. The van der Waals surface area contributed by atoms with E-state index in [0.29, 0.717) is 35.4 Å². The van der Waals surface area contributed by atoms with Crippen molar-refractivity contribution in [2.45, 2.75) is 18.4 Å². The highest BCUT2D eigenvalue weighted by Crippen LogP contribution is 2.40. The monoisotopic (exact) mass is 506 g/mol. The molecule has 2 atom stereocenters. The highest BCUT2D eigenvalue weighted by molar-refractivity contribution is 7.99. The molecule has 5 rings (SSSR count). The third-order valence-electron chi connectivity index (χ3n) is 5.71. The minimum atomic E-state index is -1.09. The van der Waals surface area contributed by atoms with Crippen LogP contribution in [0.1, 0.15) is 5.56 Å². The van der Waals surface area contributed by atoms with Gasteiger partial charge in [-0.3, -0.25) is 0 Å². The van der Waals surface area contributed by atoms with Crippen LogP contribution >= 0.6 is 35.0 Å². The van der Waals surface area contributed by atoms with E-state index in [0.717, 1.165) is 18.8 Å². The van der Waals surface area contributed by atoms with Crippen LogP contribution in [0.4, 0.5) is 5.69 Å². The molecule has 2 saturated heterocycles. The zero-order chi connectivity index (χ0) is 22.7. The van der Waals surface area contributed by atoms with Crippen LogP contribution < -0.4 is 9.64 Å². The lowest BCUT2D eigenvalue weighted by atomic mass is 10.1. The normalized spacial score (nSPS) is 23.1. The third kappa shape index (κ3) is 5.25. The van der Waals surface area contributed by atoms with E-state index in [-0.39, 0.29) is 6.10 Å². The second-order valence-corrected chi connectivity index (χ2v) is 10.0. The van der Waals surface area contributed by atoms with Crippen molar-refractivity contribution >= 4 is 40.7 Å². The largest absolute Gasteiger partial charge is 0.491 e. The predicted octanol–water partition coefficient (Wildman–Crippen LogP) is 4.49. The summed E-state index contributed by atoms with van der Waals surface area (Å²) in [4.78, 5) is 2.41. The zero-order valence-corrected chi connectivity index (χ0v) is 20.2. The number of aromatic nitrogens is 3. The van der Waals surface area contributed by atoms with Crippen molar-refractivity contribution in [2.24, 2.45) is 0 Å². The molecular weight excluding hydrogens is 483 g/mol. The van der Waals surface area contributed by atoms with E-state index in [1.54, 1.807) is 29.4 Å². The predicted molar refractivity (Wildman–Crippen MR) is 130 cm³/mol. The lowest BCUT2D eigenvalue weighted by Gasteiger charge is -2.29. The summed E-state index contributed by atoms with van der Waals surface area (Å²) >= 11 is 14.6. The molecule has 1 aromatic heterocycles. The first kappa shape index (κ1) is 22.8. The molecular formula is C23H24Cl2N4O3S. The second kappa shape index (κ2) is 10.1. The lowest BCUT2D eigenvalue weighted by Crippen LogP contribution is -2.34. The van der Waals surface area contributed by atoms with E-state index in [4.69, 9.17) is 37.4 Å². The van der Waals surface area contributed by atoms with Crippen molar-refractivity contribution in [3.63, 3.8) is 0 Å². The van der Waals surface area contributed by atoms with Crippen molar-refractivity contribution in [1.29, 1.82) is 0 Å². The van der Waals surface area contributed by atoms with Crippen LogP contribution in [0.3, 0.4) is 0 Å². The Bertz CT molecular complexity index is 1060. The molecule has 3 heterocycles. The number of benzene rings is 2. The van der Waals surface area contributed by atoms with E-state index >= 15 is 0 Å². The first-order valence-corrected chi connectivity index (χ1v) is 12.7. The van der Waals surface area contributed by atoms with Crippen molar-refractivity contribution in [1.82, 2.24) is 14.8 Å². The Morgan fingerprint density at radius 3 is 2.55 bits per heavy atom. The van der Waals surface area contributed by atoms with E-state index in [2.05, 4.69) is 27.2 Å². The molecule has 3 aromatic rings. The molecule has 2 aliphatic heterocycles. The smallest absolute Gasteiger partial charge is 0.215 e. The van der Waals surface area contributed by atoms with Gasteiger partial charge in [0.15, 0.2) is 0 Å². The quantitative estimate of drug-likeness (QED) is 0.467. The highest BCUT2D eigenvalue weighted by atomic mass is 35.5. The summed E-state index contributed by atoms with van der Waals surface area (Å²) < 4.78 is 20.4. The van der Waals surface area contributed by atoms with Gasteiger partial charge >= 0.3 is 0 Å². The van der Waals surface area contributed by atoms with Crippen LogP contribution in [0.25, 0.3) is 0 Å². The molecule has 0 unspecified atom stereocenters. The molecule has 0 N–H and O–H groups in total. The average Bonchev–Trinajstić information content (AvgIpc) is 3.49. The van der Waals surface area contributed by atoms with Gasteiger partial charge < -0.3 is 23.7 Å². The summed E-state index contributed by atoms with van der Waals surface area (Å²) in [6, 6.07) is 13.5. The number of hydrogen-bond acceptors (Lipinski definition) is 7. The molecule has 10 heteroatoms. The van der Waals surface area contributed by atoms with Gasteiger partial charge in [-0.15, -0.1) is 10.2 Å². The topological polar surface area (TPSA) is 61.6 Å². The fourth-order valence-corrected chi connectivity index (χ4v) is 5.52. The molecule has 2 fully saturated rings. The fraction of sp³-hybridized carbons (Fsp3) is 0.391. The Hall–Kier alpha value is -1.97. The van der Waals surface area contributed by atoms with Gasteiger partial charge in [0, 0.05) is 40.9 Å². The van der Waals surface area contributed by atoms with Gasteiger partial charge in [-0.2, -0.15) is 11.8 Å². The summed E-state index contributed by atoms with van der Waals surface area (Å²) in [5, 5.41) is 8.78. The van der Waals surface area contributed by atoms with Gasteiger partial charge in [-0.1, -0.05) is 29.3 Å². The number of rotatable bonds is 7. The average molecular weight is 507 g/mol. The van der Waals surface area contributed by atoms with E-state index in [1.807, 2.05) is 30.0 Å². The molecule has 0 bridgehead atoms. The Balaban J connectivity index is 1.26. The van der Waals surface area contributed by atoms with Gasteiger partial charge in [-0.25, -0.2) is 0 Å². The molecule has 0 aliphatic carbocycles. The Labute approximate surface area is 206 Å². The molecule has 7 nitrogen and oxygen atoms in total. The van der Waals surface area contributed by atoms with Crippen LogP contribution in [-0.2, 0) is 21.8 Å². The number of hydrogen-bond donors (Lipinski definition) is 0. The van der Waals surface area contributed by atoms with Gasteiger partial charge in [0.25, 0.3) is 0 Å². The van der Waals surface area contributed by atoms with Gasteiger partial charge in [0.05, 0.1) is 18.2 Å². The maximum Gasteiger partial charge on any atom is 0.215 e. The molecule has 2 aromatic carbocycles. The minimum absolute atomic E-state index is 0.271. The fourth-order valence-electron chi connectivity index (χ4n) is 4.06. The SMILES string of the molecule is Clc1ccc([C@]2(Cn3cnnc3)OC[C@@H](COc3ccc(N4CCSCC4)cc3)O2)c(Cl)c1. The van der Waals surface area contributed by atoms with Crippen LogP contribution in [-0.4, -0.2) is 58.7 Å². The van der Waals surface area contributed by atoms with Gasteiger partial charge in [0.2, 0.25) is 5.79 Å². The number of nitrogens with zero attached hydrogens (tertiary/aromatic N) is 4. The van der Waals surface area contributed by atoms with Crippen molar-refractivity contribution in [3.05, 3.63) is 70.7 Å². The van der Waals surface area contributed by atoms with E-state index < -0.39 is 5.79 Å². The lowest BCUT2D eigenvalue weighted by molar-refractivity contribution is -0.189. The van der Waals surface area contributed by atoms with Crippen molar-refractivity contribution in [3.8, 4) is 5.75 Å². The highest BCUT2D eigenvalue weighted by Gasteiger charge is 2.45. The number of anilines is 1. The Morgan fingerprint density at radius 1 is 1.06 bits per heavy atom. The second-order valence-electron chi connectivity index (χ2n) is 7.97. The van der Waals surface area contributed by atoms with E-state index in [9.17, 15) is 0 Å². The van der Waals surface area contributed by atoms with Crippen LogP contribution in [0.5, 0.6) is 5.75 Å².